The highest BCUT2D eigenvalue weighted by molar-refractivity contribution is 5.77. The second kappa shape index (κ2) is 5.96. The molecule has 2 heterocycles. The van der Waals surface area contributed by atoms with E-state index in [2.05, 4.69) is 4.98 Å². The number of carbonyl (C=O) groups is 1. The smallest absolute Gasteiger partial charge is 0.223 e. The van der Waals surface area contributed by atoms with Crippen molar-refractivity contribution in [3.05, 3.63) is 30.1 Å². The Balaban J connectivity index is 2.06. The van der Waals surface area contributed by atoms with Gasteiger partial charge in [0.15, 0.2) is 0 Å². The minimum atomic E-state index is 0.227. The summed E-state index contributed by atoms with van der Waals surface area (Å²) in [6.45, 7) is 3.46. The third-order valence-electron chi connectivity index (χ3n) is 3.59. The standard InChI is InChI=1S/C14H21N3O/c1-11(10-15)9-14(18)17-8-2-3-13(17)12-4-6-16-7-5-12/h4-7,11,13H,2-3,8-10,15H2,1H3. The molecular weight excluding hydrogens is 226 g/mol. The minimum Gasteiger partial charge on any atom is -0.336 e. The molecule has 0 spiro atoms. The quantitative estimate of drug-likeness (QED) is 0.881. The molecule has 18 heavy (non-hydrogen) atoms. The van der Waals surface area contributed by atoms with E-state index in [1.165, 1.54) is 5.56 Å². The maximum Gasteiger partial charge on any atom is 0.223 e. The molecule has 1 saturated heterocycles. The number of pyridine rings is 1. The van der Waals surface area contributed by atoms with E-state index in [4.69, 9.17) is 5.73 Å². The largest absolute Gasteiger partial charge is 0.336 e. The lowest BCUT2D eigenvalue weighted by Gasteiger charge is -2.26. The number of likely N-dealkylation sites (tertiary alicyclic amines) is 1. The van der Waals surface area contributed by atoms with Crippen molar-refractivity contribution in [1.29, 1.82) is 0 Å². The van der Waals surface area contributed by atoms with E-state index < -0.39 is 0 Å². The van der Waals surface area contributed by atoms with Crippen LogP contribution in [-0.4, -0.2) is 28.9 Å². The summed E-state index contributed by atoms with van der Waals surface area (Å²) >= 11 is 0. The van der Waals surface area contributed by atoms with Crippen molar-refractivity contribution in [2.75, 3.05) is 13.1 Å². The molecule has 98 valence electrons. The molecule has 1 amide bonds. The molecule has 0 radical (unpaired) electrons. The van der Waals surface area contributed by atoms with Crippen molar-refractivity contribution in [3.63, 3.8) is 0 Å². The molecule has 4 heteroatoms. The van der Waals surface area contributed by atoms with Crippen LogP contribution in [0, 0.1) is 5.92 Å². The summed E-state index contributed by atoms with van der Waals surface area (Å²) < 4.78 is 0. The lowest BCUT2D eigenvalue weighted by Crippen LogP contribution is -2.32. The van der Waals surface area contributed by atoms with Crippen molar-refractivity contribution in [2.24, 2.45) is 11.7 Å². The van der Waals surface area contributed by atoms with Crippen molar-refractivity contribution >= 4 is 5.91 Å². The van der Waals surface area contributed by atoms with Gasteiger partial charge in [-0.15, -0.1) is 0 Å². The van der Waals surface area contributed by atoms with E-state index in [1.807, 2.05) is 24.0 Å². The first-order chi connectivity index (χ1) is 8.72. The molecule has 0 aromatic carbocycles. The van der Waals surface area contributed by atoms with E-state index in [0.29, 0.717) is 13.0 Å². The SMILES string of the molecule is CC(CN)CC(=O)N1CCCC1c1ccncc1. The van der Waals surface area contributed by atoms with Crippen LogP contribution in [0.25, 0.3) is 0 Å². The number of nitrogens with zero attached hydrogens (tertiary/aromatic N) is 2. The molecule has 1 aromatic rings. The van der Waals surface area contributed by atoms with Gasteiger partial charge < -0.3 is 10.6 Å². The predicted molar refractivity (Wildman–Crippen MR) is 70.8 cm³/mol. The van der Waals surface area contributed by atoms with E-state index in [9.17, 15) is 4.79 Å². The third kappa shape index (κ3) is 2.88. The second-order valence-electron chi connectivity index (χ2n) is 5.07. The molecule has 2 atom stereocenters. The first-order valence-electron chi connectivity index (χ1n) is 6.62. The van der Waals surface area contributed by atoms with Crippen LogP contribution in [0.15, 0.2) is 24.5 Å². The molecule has 0 saturated carbocycles. The normalized spacial score (nSPS) is 21.0. The lowest BCUT2D eigenvalue weighted by atomic mass is 10.0. The first kappa shape index (κ1) is 13.0. The van der Waals surface area contributed by atoms with Crippen LogP contribution in [0.5, 0.6) is 0 Å². The Morgan fingerprint density at radius 1 is 1.56 bits per heavy atom. The van der Waals surface area contributed by atoms with Gasteiger partial charge in [0.1, 0.15) is 0 Å². The van der Waals surface area contributed by atoms with Crippen LogP contribution in [0.1, 0.15) is 37.8 Å². The summed E-state index contributed by atoms with van der Waals surface area (Å²) in [5.41, 5.74) is 6.78. The molecule has 1 fully saturated rings. The van der Waals surface area contributed by atoms with E-state index in [0.717, 1.165) is 19.4 Å². The van der Waals surface area contributed by atoms with Gasteiger partial charge in [0.05, 0.1) is 6.04 Å². The third-order valence-corrected chi connectivity index (χ3v) is 3.59. The number of hydrogen-bond donors (Lipinski definition) is 1. The summed E-state index contributed by atoms with van der Waals surface area (Å²) in [4.78, 5) is 18.3. The van der Waals surface area contributed by atoms with Gasteiger partial charge in [-0.3, -0.25) is 9.78 Å². The summed E-state index contributed by atoms with van der Waals surface area (Å²) in [5.74, 6) is 0.489. The van der Waals surface area contributed by atoms with Crippen molar-refractivity contribution in [3.8, 4) is 0 Å². The van der Waals surface area contributed by atoms with Crippen LogP contribution >= 0.6 is 0 Å². The fraction of sp³-hybridized carbons (Fsp3) is 0.571. The van der Waals surface area contributed by atoms with Gasteiger partial charge in [0.25, 0.3) is 0 Å². The molecule has 1 aliphatic heterocycles. The van der Waals surface area contributed by atoms with Crippen LogP contribution in [0.4, 0.5) is 0 Å². The molecule has 0 bridgehead atoms. The van der Waals surface area contributed by atoms with Crippen LogP contribution in [0.2, 0.25) is 0 Å². The Kier molecular flexibility index (Phi) is 4.31. The van der Waals surface area contributed by atoms with Crippen molar-refractivity contribution < 1.29 is 4.79 Å². The van der Waals surface area contributed by atoms with Crippen LogP contribution in [-0.2, 0) is 4.79 Å². The van der Waals surface area contributed by atoms with Crippen molar-refractivity contribution in [1.82, 2.24) is 9.88 Å². The minimum absolute atomic E-state index is 0.227. The van der Waals surface area contributed by atoms with Crippen LogP contribution < -0.4 is 5.73 Å². The molecule has 2 N–H and O–H groups in total. The maximum absolute atomic E-state index is 12.3. The molecule has 0 aliphatic carbocycles. The highest BCUT2D eigenvalue weighted by Gasteiger charge is 2.30. The highest BCUT2D eigenvalue weighted by Crippen LogP contribution is 2.32. The maximum atomic E-state index is 12.3. The molecule has 4 nitrogen and oxygen atoms in total. The fourth-order valence-electron chi connectivity index (χ4n) is 2.50. The molecule has 2 rings (SSSR count). The number of rotatable bonds is 4. The molecule has 1 aliphatic rings. The lowest BCUT2D eigenvalue weighted by molar-refractivity contribution is -0.133. The Labute approximate surface area is 108 Å². The summed E-state index contributed by atoms with van der Waals surface area (Å²) in [6.07, 6.45) is 6.26. The summed E-state index contributed by atoms with van der Waals surface area (Å²) in [7, 11) is 0. The van der Waals surface area contributed by atoms with E-state index in [1.54, 1.807) is 12.4 Å². The number of aromatic nitrogens is 1. The Bertz CT molecular complexity index is 393. The summed E-state index contributed by atoms with van der Waals surface area (Å²) in [6, 6.07) is 4.23. The van der Waals surface area contributed by atoms with Crippen LogP contribution in [0.3, 0.4) is 0 Å². The van der Waals surface area contributed by atoms with Gasteiger partial charge in [0, 0.05) is 25.4 Å². The van der Waals surface area contributed by atoms with E-state index >= 15 is 0 Å². The monoisotopic (exact) mass is 247 g/mol. The highest BCUT2D eigenvalue weighted by atomic mass is 16.2. The Hall–Kier alpha value is -1.42. The number of amides is 1. The van der Waals surface area contributed by atoms with Gasteiger partial charge in [-0.25, -0.2) is 0 Å². The van der Waals surface area contributed by atoms with Crippen molar-refractivity contribution in [2.45, 2.75) is 32.2 Å². The zero-order chi connectivity index (χ0) is 13.0. The van der Waals surface area contributed by atoms with Gasteiger partial charge in [-0.1, -0.05) is 6.92 Å². The van der Waals surface area contributed by atoms with Gasteiger partial charge >= 0.3 is 0 Å². The zero-order valence-electron chi connectivity index (χ0n) is 10.9. The number of carbonyl (C=O) groups excluding carboxylic acids is 1. The average Bonchev–Trinajstić information content (AvgIpc) is 2.88. The Morgan fingerprint density at radius 3 is 2.94 bits per heavy atom. The Morgan fingerprint density at radius 2 is 2.28 bits per heavy atom. The number of nitrogens with two attached hydrogens (primary N) is 1. The molecular formula is C14H21N3O. The number of hydrogen-bond acceptors (Lipinski definition) is 3. The van der Waals surface area contributed by atoms with E-state index in [-0.39, 0.29) is 17.9 Å². The first-order valence-corrected chi connectivity index (χ1v) is 6.62. The van der Waals surface area contributed by atoms with Gasteiger partial charge in [0.2, 0.25) is 5.91 Å². The fourth-order valence-corrected chi connectivity index (χ4v) is 2.50. The zero-order valence-corrected chi connectivity index (χ0v) is 10.9. The average molecular weight is 247 g/mol. The van der Waals surface area contributed by atoms with Gasteiger partial charge in [-0.2, -0.15) is 0 Å². The molecule has 1 aromatic heterocycles. The topological polar surface area (TPSA) is 59.2 Å². The second-order valence-corrected chi connectivity index (χ2v) is 5.07. The molecule has 2 unspecified atom stereocenters. The predicted octanol–water partition coefficient (Wildman–Crippen LogP) is 1.73. The van der Waals surface area contributed by atoms with Gasteiger partial charge in [-0.05, 0) is 43.0 Å². The summed E-state index contributed by atoms with van der Waals surface area (Å²) in [5, 5.41) is 0.